The summed E-state index contributed by atoms with van der Waals surface area (Å²) in [5.74, 6) is 3.09. The fourth-order valence-electron chi connectivity index (χ4n) is 3.78. The number of pyridine rings is 1. The minimum absolute atomic E-state index is 0.941. The smallest absolute Gasteiger partial charge is 0.128 e. The lowest BCUT2D eigenvalue weighted by Gasteiger charge is -2.35. The fraction of sp³-hybridized carbons (Fsp3) is 0.722. The molecule has 21 heavy (non-hydrogen) atoms. The third kappa shape index (κ3) is 3.76. The maximum Gasteiger partial charge on any atom is 0.128 e. The van der Waals surface area contributed by atoms with Gasteiger partial charge < -0.3 is 10.2 Å². The van der Waals surface area contributed by atoms with Crippen molar-refractivity contribution in [2.75, 3.05) is 31.1 Å². The number of aryl methyl sites for hydroxylation is 2. The first-order valence-electron chi connectivity index (χ1n) is 8.62. The van der Waals surface area contributed by atoms with Gasteiger partial charge in [-0.05, 0) is 82.5 Å². The molecule has 116 valence electrons. The van der Waals surface area contributed by atoms with Crippen LogP contribution in [0.5, 0.6) is 0 Å². The molecule has 1 N–H and O–H groups in total. The van der Waals surface area contributed by atoms with Crippen molar-refractivity contribution in [1.82, 2.24) is 10.3 Å². The van der Waals surface area contributed by atoms with Gasteiger partial charge in [-0.3, -0.25) is 0 Å². The van der Waals surface area contributed by atoms with Crippen molar-refractivity contribution in [2.45, 2.75) is 46.0 Å². The molecular weight excluding hydrogens is 258 g/mol. The topological polar surface area (TPSA) is 28.2 Å². The van der Waals surface area contributed by atoms with Crippen LogP contribution >= 0.6 is 0 Å². The predicted molar refractivity (Wildman–Crippen MR) is 88.9 cm³/mol. The van der Waals surface area contributed by atoms with E-state index in [4.69, 9.17) is 4.98 Å². The summed E-state index contributed by atoms with van der Waals surface area (Å²) in [4.78, 5) is 7.23. The highest BCUT2D eigenvalue weighted by Crippen LogP contribution is 2.30. The van der Waals surface area contributed by atoms with E-state index < -0.39 is 0 Å². The van der Waals surface area contributed by atoms with E-state index in [1.165, 1.54) is 75.4 Å². The summed E-state index contributed by atoms with van der Waals surface area (Å²) in [7, 11) is 0. The van der Waals surface area contributed by atoms with Crippen molar-refractivity contribution >= 4 is 5.82 Å². The SMILES string of the molecule is Cc1ccc(N2CCC(CC3CCNCC3)CC2)nc1C. The standard InChI is InChI=1S/C18H29N3/c1-14-3-4-18(20-15(14)2)21-11-7-17(8-12-21)13-16-5-9-19-10-6-16/h3-4,16-17,19H,5-13H2,1-2H3. The van der Waals surface area contributed by atoms with Crippen LogP contribution in [0.2, 0.25) is 0 Å². The molecule has 2 aliphatic rings. The molecule has 0 bridgehead atoms. The molecule has 3 heterocycles. The van der Waals surface area contributed by atoms with Crippen molar-refractivity contribution in [3.63, 3.8) is 0 Å². The van der Waals surface area contributed by atoms with Gasteiger partial charge in [-0.2, -0.15) is 0 Å². The van der Waals surface area contributed by atoms with Crippen molar-refractivity contribution in [3.8, 4) is 0 Å². The van der Waals surface area contributed by atoms with Gasteiger partial charge in [0.2, 0.25) is 0 Å². The minimum atomic E-state index is 0.941. The number of piperidine rings is 2. The van der Waals surface area contributed by atoms with E-state index in [1.54, 1.807) is 0 Å². The van der Waals surface area contributed by atoms with Crippen LogP contribution < -0.4 is 10.2 Å². The molecule has 1 aromatic rings. The van der Waals surface area contributed by atoms with Gasteiger partial charge in [0.05, 0.1) is 0 Å². The van der Waals surface area contributed by atoms with Crippen LogP contribution in [0.4, 0.5) is 5.82 Å². The van der Waals surface area contributed by atoms with Crippen molar-refractivity contribution in [3.05, 3.63) is 23.4 Å². The molecule has 0 aliphatic carbocycles. The van der Waals surface area contributed by atoms with Gasteiger partial charge in [-0.15, -0.1) is 0 Å². The van der Waals surface area contributed by atoms with Gasteiger partial charge in [0.15, 0.2) is 0 Å². The molecule has 3 nitrogen and oxygen atoms in total. The summed E-state index contributed by atoms with van der Waals surface area (Å²) < 4.78 is 0. The summed E-state index contributed by atoms with van der Waals surface area (Å²) in [6, 6.07) is 4.40. The quantitative estimate of drug-likeness (QED) is 0.924. The molecule has 0 radical (unpaired) electrons. The minimum Gasteiger partial charge on any atom is -0.357 e. The zero-order valence-electron chi connectivity index (χ0n) is 13.6. The molecule has 0 spiro atoms. The summed E-state index contributed by atoms with van der Waals surface area (Å²) in [5, 5.41) is 3.47. The van der Waals surface area contributed by atoms with Crippen LogP contribution in [0.1, 0.15) is 43.4 Å². The van der Waals surface area contributed by atoms with E-state index in [9.17, 15) is 0 Å². The Bertz CT molecular complexity index is 458. The van der Waals surface area contributed by atoms with E-state index >= 15 is 0 Å². The summed E-state index contributed by atoms with van der Waals surface area (Å²) in [6.07, 6.45) is 6.92. The van der Waals surface area contributed by atoms with Gasteiger partial charge in [0, 0.05) is 18.8 Å². The number of rotatable bonds is 3. The van der Waals surface area contributed by atoms with Crippen LogP contribution in [0, 0.1) is 25.7 Å². The van der Waals surface area contributed by atoms with Crippen LogP contribution in [-0.2, 0) is 0 Å². The Hall–Kier alpha value is -1.09. The Balaban J connectivity index is 1.51. The van der Waals surface area contributed by atoms with E-state index in [0.717, 1.165) is 11.8 Å². The van der Waals surface area contributed by atoms with Gasteiger partial charge in [0.25, 0.3) is 0 Å². The Kier molecular flexibility index (Phi) is 4.79. The van der Waals surface area contributed by atoms with E-state index in [1.807, 2.05) is 0 Å². The first-order chi connectivity index (χ1) is 10.2. The van der Waals surface area contributed by atoms with Crippen molar-refractivity contribution in [1.29, 1.82) is 0 Å². The van der Waals surface area contributed by atoms with E-state index in [2.05, 4.69) is 36.2 Å². The molecular formula is C18H29N3. The lowest BCUT2D eigenvalue weighted by molar-refractivity contribution is 0.268. The molecule has 2 saturated heterocycles. The van der Waals surface area contributed by atoms with Crippen LogP contribution in [-0.4, -0.2) is 31.2 Å². The average Bonchev–Trinajstić information content (AvgIpc) is 2.52. The Morgan fingerprint density at radius 2 is 1.71 bits per heavy atom. The van der Waals surface area contributed by atoms with E-state index in [0.29, 0.717) is 0 Å². The van der Waals surface area contributed by atoms with Crippen LogP contribution in [0.3, 0.4) is 0 Å². The number of nitrogens with one attached hydrogen (secondary N) is 1. The monoisotopic (exact) mass is 287 g/mol. The maximum atomic E-state index is 4.75. The maximum absolute atomic E-state index is 4.75. The molecule has 3 heteroatoms. The van der Waals surface area contributed by atoms with E-state index in [-0.39, 0.29) is 0 Å². The number of hydrogen-bond donors (Lipinski definition) is 1. The highest BCUT2D eigenvalue weighted by Gasteiger charge is 2.24. The lowest BCUT2D eigenvalue weighted by Crippen LogP contribution is -2.36. The molecule has 0 unspecified atom stereocenters. The number of hydrogen-bond acceptors (Lipinski definition) is 3. The predicted octanol–water partition coefficient (Wildman–Crippen LogP) is 3.30. The molecule has 0 atom stereocenters. The van der Waals surface area contributed by atoms with Crippen LogP contribution in [0.15, 0.2) is 12.1 Å². The average molecular weight is 287 g/mol. The third-order valence-corrected chi connectivity index (χ3v) is 5.40. The number of anilines is 1. The van der Waals surface area contributed by atoms with Crippen molar-refractivity contribution in [2.24, 2.45) is 11.8 Å². The Labute approximate surface area is 129 Å². The number of aromatic nitrogens is 1. The highest BCUT2D eigenvalue weighted by atomic mass is 15.2. The van der Waals surface area contributed by atoms with Gasteiger partial charge in [0.1, 0.15) is 5.82 Å². The highest BCUT2D eigenvalue weighted by molar-refractivity contribution is 5.41. The largest absolute Gasteiger partial charge is 0.357 e. The Morgan fingerprint density at radius 3 is 2.38 bits per heavy atom. The zero-order valence-corrected chi connectivity index (χ0v) is 13.6. The second-order valence-electron chi connectivity index (χ2n) is 6.93. The first kappa shape index (κ1) is 14.8. The molecule has 3 rings (SSSR count). The third-order valence-electron chi connectivity index (χ3n) is 5.40. The summed E-state index contributed by atoms with van der Waals surface area (Å²) in [6.45, 7) is 9.09. The molecule has 0 aromatic carbocycles. The summed E-state index contributed by atoms with van der Waals surface area (Å²) in [5.41, 5.74) is 2.46. The fourth-order valence-corrected chi connectivity index (χ4v) is 3.78. The lowest BCUT2D eigenvalue weighted by atomic mass is 9.83. The molecule has 0 saturated carbocycles. The van der Waals surface area contributed by atoms with Crippen LogP contribution in [0.25, 0.3) is 0 Å². The molecule has 0 amide bonds. The molecule has 2 aliphatic heterocycles. The number of nitrogens with zero attached hydrogens (tertiary/aromatic N) is 2. The first-order valence-corrected chi connectivity index (χ1v) is 8.62. The van der Waals surface area contributed by atoms with Gasteiger partial charge >= 0.3 is 0 Å². The molecule has 2 fully saturated rings. The normalized spacial score (nSPS) is 21.7. The van der Waals surface area contributed by atoms with Crippen molar-refractivity contribution < 1.29 is 0 Å². The van der Waals surface area contributed by atoms with Gasteiger partial charge in [-0.1, -0.05) is 6.07 Å². The Morgan fingerprint density at radius 1 is 1.05 bits per heavy atom. The zero-order chi connectivity index (χ0) is 14.7. The second-order valence-corrected chi connectivity index (χ2v) is 6.93. The molecule has 1 aromatic heterocycles. The summed E-state index contributed by atoms with van der Waals surface area (Å²) >= 11 is 0. The second kappa shape index (κ2) is 6.78. The van der Waals surface area contributed by atoms with Gasteiger partial charge in [-0.25, -0.2) is 4.98 Å².